The van der Waals surface area contributed by atoms with Gasteiger partial charge in [0.15, 0.2) is 0 Å². The molecule has 2 nitrogen and oxygen atoms in total. The van der Waals surface area contributed by atoms with Crippen LogP contribution in [0.5, 0.6) is 5.75 Å². The Balaban J connectivity index is 1.66. The van der Waals surface area contributed by atoms with Gasteiger partial charge in [0.1, 0.15) is 5.75 Å². The van der Waals surface area contributed by atoms with Crippen molar-refractivity contribution >= 4 is 0 Å². The van der Waals surface area contributed by atoms with Crippen molar-refractivity contribution in [3.8, 4) is 5.75 Å². The zero-order chi connectivity index (χ0) is 13.3. The van der Waals surface area contributed by atoms with E-state index < -0.39 is 5.60 Å². The van der Waals surface area contributed by atoms with Crippen LogP contribution in [0, 0.1) is 11.8 Å². The van der Waals surface area contributed by atoms with Gasteiger partial charge in [0.25, 0.3) is 0 Å². The molecule has 2 saturated carbocycles. The summed E-state index contributed by atoms with van der Waals surface area (Å²) < 4.78 is 0. The fourth-order valence-corrected chi connectivity index (χ4v) is 4.08. The lowest BCUT2D eigenvalue weighted by Gasteiger charge is -2.38. The zero-order valence-corrected chi connectivity index (χ0v) is 11.5. The standard InChI is InChI=1S/C17H24O2/c18-16-7-5-15(6-8-16)17(19)11-9-14(10-12-17)13-3-1-2-4-13/h5-8,13-14,18-19H,1-4,9-12H2. The molecule has 2 aliphatic carbocycles. The highest BCUT2D eigenvalue weighted by molar-refractivity contribution is 5.30. The minimum atomic E-state index is -0.664. The second-order valence-corrected chi connectivity index (χ2v) is 6.46. The molecule has 0 aliphatic heterocycles. The van der Waals surface area contributed by atoms with Crippen LogP contribution in [0.2, 0.25) is 0 Å². The van der Waals surface area contributed by atoms with Gasteiger partial charge in [-0.25, -0.2) is 0 Å². The first-order valence-corrected chi connectivity index (χ1v) is 7.69. The van der Waals surface area contributed by atoms with Crippen molar-refractivity contribution in [3.05, 3.63) is 29.8 Å². The van der Waals surface area contributed by atoms with Crippen molar-refractivity contribution in [2.75, 3.05) is 0 Å². The summed E-state index contributed by atoms with van der Waals surface area (Å²) in [5, 5.41) is 20.2. The fraction of sp³-hybridized carbons (Fsp3) is 0.647. The van der Waals surface area contributed by atoms with Gasteiger partial charge in [0.05, 0.1) is 5.60 Å². The molecule has 2 fully saturated rings. The van der Waals surface area contributed by atoms with Crippen LogP contribution in [0.25, 0.3) is 0 Å². The first kappa shape index (κ1) is 13.0. The lowest BCUT2D eigenvalue weighted by atomic mass is 9.71. The van der Waals surface area contributed by atoms with Crippen LogP contribution in [0.15, 0.2) is 24.3 Å². The van der Waals surface area contributed by atoms with Crippen LogP contribution in [0.3, 0.4) is 0 Å². The first-order valence-electron chi connectivity index (χ1n) is 7.69. The maximum atomic E-state index is 10.8. The summed E-state index contributed by atoms with van der Waals surface area (Å²) in [6, 6.07) is 7.09. The number of benzene rings is 1. The molecule has 0 aromatic heterocycles. The van der Waals surface area contributed by atoms with E-state index in [1.807, 2.05) is 12.1 Å². The summed E-state index contributed by atoms with van der Waals surface area (Å²) in [7, 11) is 0. The summed E-state index contributed by atoms with van der Waals surface area (Å²) in [5.74, 6) is 2.02. The Morgan fingerprint density at radius 3 is 1.95 bits per heavy atom. The van der Waals surface area contributed by atoms with Gasteiger partial charge < -0.3 is 10.2 Å². The van der Waals surface area contributed by atoms with E-state index in [-0.39, 0.29) is 5.75 Å². The number of aliphatic hydroxyl groups is 1. The third-order valence-corrected chi connectivity index (χ3v) is 5.33. The molecule has 0 radical (unpaired) electrons. The number of hydrogen-bond acceptors (Lipinski definition) is 2. The fourth-order valence-electron chi connectivity index (χ4n) is 4.08. The molecule has 1 aromatic rings. The molecule has 19 heavy (non-hydrogen) atoms. The smallest absolute Gasteiger partial charge is 0.115 e. The SMILES string of the molecule is Oc1ccc(C2(O)CCC(C3CCCC3)CC2)cc1. The second kappa shape index (κ2) is 5.16. The summed E-state index contributed by atoms with van der Waals surface area (Å²) in [5.41, 5.74) is 0.304. The molecular formula is C17H24O2. The summed E-state index contributed by atoms with van der Waals surface area (Å²) in [6.45, 7) is 0. The molecule has 1 aromatic carbocycles. The number of phenols is 1. The second-order valence-electron chi connectivity index (χ2n) is 6.46. The van der Waals surface area contributed by atoms with Crippen molar-refractivity contribution in [1.29, 1.82) is 0 Å². The highest BCUT2D eigenvalue weighted by atomic mass is 16.3. The van der Waals surface area contributed by atoms with Gasteiger partial charge in [-0.2, -0.15) is 0 Å². The number of hydrogen-bond donors (Lipinski definition) is 2. The van der Waals surface area contributed by atoms with Crippen LogP contribution in [-0.2, 0) is 5.60 Å². The Hall–Kier alpha value is -1.02. The molecule has 2 N–H and O–H groups in total. The average molecular weight is 260 g/mol. The molecule has 3 rings (SSSR count). The minimum Gasteiger partial charge on any atom is -0.508 e. The molecular weight excluding hydrogens is 236 g/mol. The Morgan fingerprint density at radius 1 is 0.842 bits per heavy atom. The number of phenolic OH excluding ortho intramolecular Hbond substituents is 1. The molecule has 0 atom stereocenters. The van der Waals surface area contributed by atoms with Gasteiger partial charge in [0.2, 0.25) is 0 Å². The molecule has 0 amide bonds. The molecule has 0 saturated heterocycles. The third-order valence-electron chi connectivity index (χ3n) is 5.33. The van der Waals surface area contributed by atoms with E-state index >= 15 is 0 Å². The first-order chi connectivity index (χ1) is 9.17. The van der Waals surface area contributed by atoms with E-state index in [9.17, 15) is 10.2 Å². The van der Waals surface area contributed by atoms with Crippen molar-refractivity contribution in [3.63, 3.8) is 0 Å². The van der Waals surface area contributed by atoms with Crippen LogP contribution >= 0.6 is 0 Å². The van der Waals surface area contributed by atoms with Crippen LogP contribution in [-0.4, -0.2) is 10.2 Å². The van der Waals surface area contributed by atoms with E-state index in [1.165, 1.54) is 25.7 Å². The normalized spacial score (nSPS) is 32.6. The molecule has 104 valence electrons. The topological polar surface area (TPSA) is 40.5 Å². The van der Waals surface area contributed by atoms with Gasteiger partial charge in [-0.3, -0.25) is 0 Å². The molecule has 2 aliphatic rings. The molecule has 2 heteroatoms. The van der Waals surface area contributed by atoms with E-state index in [0.717, 1.165) is 43.1 Å². The summed E-state index contributed by atoms with van der Waals surface area (Å²) >= 11 is 0. The Bertz CT molecular complexity index is 409. The largest absolute Gasteiger partial charge is 0.508 e. The van der Waals surface area contributed by atoms with Gasteiger partial charge in [0, 0.05) is 0 Å². The predicted octanol–water partition coefficient (Wildman–Crippen LogP) is 3.96. The predicted molar refractivity (Wildman–Crippen MR) is 75.9 cm³/mol. The lowest BCUT2D eigenvalue weighted by molar-refractivity contribution is -0.0218. The third kappa shape index (κ3) is 2.64. The molecule has 0 bridgehead atoms. The van der Waals surface area contributed by atoms with Crippen molar-refractivity contribution in [1.82, 2.24) is 0 Å². The maximum absolute atomic E-state index is 10.8. The van der Waals surface area contributed by atoms with Crippen molar-refractivity contribution in [2.45, 2.75) is 57.0 Å². The van der Waals surface area contributed by atoms with Gasteiger partial charge >= 0.3 is 0 Å². The minimum absolute atomic E-state index is 0.270. The van der Waals surface area contributed by atoms with Crippen molar-refractivity contribution in [2.24, 2.45) is 11.8 Å². The highest BCUT2D eigenvalue weighted by Crippen LogP contribution is 2.45. The van der Waals surface area contributed by atoms with E-state index in [4.69, 9.17) is 0 Å². The van der Waals surface area contributed by atoms with Gasteiger partial charge in [-0.05, 0) is 55.2 Å². The quantitative estimate of drug-likeness (QED) is 0.845. The molecule has 0 unspecified atom stereocenters. The Kier molecular flexibility index (Phi) is 3.53. The van der Waals surface area contributed by atoms with E-state index in [2.05, 4.69) is 0 Å². The summed E-state index contributed by atoms with van der Waals surface area (Å²) in [6.07, 6.45) is 9.68. The lowest BCUT2D eigenvalue weighted by Crippen LogP contribution is -2.33. The van der Waals surface area contributed by atoms with Crippen LogP contribution < -0.4 is 0 Å². The Morgan fingerprint density at radius 2 is 1.37 bits per heavy atom. The highest BCUT2D eigenvalue weighted by Gasteiger charge is 2.37. The van der Waals surface area contributed by atoms with Gasteiger partial charge in [-0.1, -0.05) is 37.8 Å². The monoisotopic (exact) mass is 260 g/mol. The van der Waals surface area contributed by atoms with Crippen molar-refractivity contribution < 1.29 is 10.2 Å². The maximum Gasteiger partial charge on any atom is 0.115 e. The van der Waals surface area contributed by atoms with Gasteiger partial charge in [-0.15, -0.1) is 0 Å². The Labute approximate surface area is 115 Å². The van der Waals surface area contributed by atoms with E-state index in [0.29, 0.717) is 0 Å². The zero-order valence-electron chi connectivity index (χ0n) is 11.5. The molecule has 0 heterocycles. The number of aromatic hydroxyl groups is 1. The van der Waals surface area contributed by atoms with E-state index in [1.54, 1.807) is 12.1 Å². The summed E-state index contributed by atoms with van der Waals surface area (Å²) in [4.78, 5) is 0. The van der Waals surface area contributed by atoms with Crippen LogP contribution in [0.4, 0.5) is 0 Å². The average Bonchev–Trinajstić information content (AvgIpc) is 2.94. The van der Waals surface area contributed by atoms with Crippen LogP contribution in [0.1, 0.15) is 56.9 Å². The number of rotatable bonds is 2. The molecule has 0 spiro atoms.